The first-order chi connectivity index (χ1) is 10.6. The van der Waals surface area contributed by atoms with Crippen molar-refractivity contribution in [3.63, 3.8) is 0 Å². The Balaban J connectivity index is 2.28. The van der Waals surface area contributed by atoms with Crippen molar-refractivity contribution in [3.05, 3.63) is 35.1 Å². The van der Waals surface area contributed by atoms with Crippen LogP contribution in [-0.2, 0) is 4.74 Å². The quantitative estimate of drug-likeness (QED) is 0.739. The molecule has 2 rings (SSSR count). The normalized spacial score (nSPS) is 21.2. The third-order valence-electron chi connectivity index (χ3n) is 3.57. The summed E-state index contributed by atoms with van der Waals surface area (Å²) < 4.78 is 46.4. The van der Waals surface area contributed by atoms with Crippen molar-refractivity contribution in [2.75, 3.05) is 6.54 Å². The van der Waals surface area contributed by atoms with Gasteiger partial charge in [0.25, 0.3) is 0 Å². The van der Waals surface area contributed by atoms with E-state index in [1.165, 1.54) is 0 Å². The smallest absolute Gasteiger partial charge is 0.411 e. The van der Waals surface area contributed by atoms with Crippen LogP contribution < -0.4 is 0 Å². The minimum Gasteiger partial charge on any atom is -0.444 e. The van der Waals surface area contributed by atoms with Crippen LogP contribution in [0, 0.1) is 28.8 Å². The summed E-state index contributed by atoms with van der Waals surface area (Å²) in [5, 5.41) is 9.18. The maximum absolute atomic E-state index is 13.9. The van der Waals surface area contributed by atoms with E-state index in [-0.39, 0.29) is 13.0 Å². The molecule has 1 aliphatic rings. The van der Waals surface area contributed by atoms with Gasteiger partial charge in [0.2, 0.25) is 0 Å². The van der Waals surface area contributed by atoms with Crippen LogP contribution in [0.1, 0.15) is 38.7 Å². The predicted molar refractivity (Wildman–Crippen MR) is 76.0 cm³/mol. The molecule has 0 N–H and O–H groups in total. The van der Waals surface area contributed by atoms with Gasteiger partial charge in [0.1, 0.15) is 17.5 Å². The summed E-state index contributed by atoms with van der Waals surface area (Å²) in [5.41, 5.74) is -1.19. The van der Waals surface area contributed by atoms with E-state index in [9.17, 15) is 23.2 Å². The molecule has 2 atom stereocenters. The van der Waals surface area contributed by atoms with Gasteiger partial charge in [0, 0.05) is 18.0 Å². The highest BCUT2D eigenvalue weighted by molar-refractivity contribution is 5.69. The monoisotopic (exact) mass is 326 g/mol. The fourth-order valence-corrected chi connectivity index (χ4v) is 2.61. The minimum atomic E-state index is -1.28. The number of carbonyl (C=O) groups is 1. The predicted octanol–water partition coefficient (Wildman–Crippen LogP) is 3.72. The van der Waals surface area contributed by atoms with Crippen LogP contribution in [0.4, 0.5) is 18.0 Å². The highest BCUT2D eigenvalue weighted by Gasteiger charge is 2.40. The van der Waals surface area contributed by atoms with Gasteiger partial charge < -0.3 is 4.74 Å². The lowest BCUT2D eigenvalue weighted by Crippen LogP contribution is -2.39. The highest BCUT2D eigenvalue weighted by Crippen LogP contribution is 2.35. The fraction of sp³-hybridized carbons (Fsp3) is 0.500. The van der Waals surface area contributed by atoms with Gasteiger partial charge in [-0.05, 0) is 39.3 Å². The fourth-order valence-electron chi connectivity index (χ4n) is 2.61. The summed E-state index contributed by atoms with van der Waals surface area (Å²) in [6.07, 6.45) is -0.712. The SMILES string of the molecule is CC(C)(C)OC(=O)N1C[C@@H](c2c(F)ccc(F)c2F)CC1C#N. The molecule has 124 valence electrons. The van der Waals surface area contributed by atoms with Crippen LogP contribution in [0.15, 0.2) is 12.1 Å². The number of carbonyl (C=O) groups excluding carboxylic acids is 1. The maximum atomic E-state index is 13.9. The van der Waals surface area contributed by atoms with E-state index in [1.54, 1.807) is 20.8 Å². The molecule has 0 aliphatic carbocycles. The number of halogens is 3. The molecule has 1 aliphatic heterocycles. The summed E-state index contributed by atoms with van der Waals surface area (Å²) in [7, 11) is 0. The van der Waals surface area contributed by atoms with Gasteiger partial charge in [-0.25, -0.2) is 18.0 Å². The zero-order valence-electron chi connectivity index (χ0n) is 13.1. The van der Waals surface area contributed by atoms with Crippen LogP contribution >= 0.6 is 0 Å². The summed E-state index contributed by atoms with van der Waals surface area (Å²) in [6, 6.07) is 2.59. The molecule has 1 unspecified atom stereocenters. The minimum absolute atomic E-state index is 0.0209. The molecule has 0 saturated carbocycles. The lowest BCUT2D eigenvalue weighted by molar-refractivity contribution is 0.0257. The molecular weight excluding hydrogens is 309 g/mol. The molecular formula is C16H17F3N2O2. The Morgan fingerprint density at radius 2 is 1.91 bits per heavy atom. The molecule has 0 aromatic heterocycles. The van der Waals surface area contributed by atoms with Crippen molar-refractivity contribution in [1.29, 1.82) is 5.26 Å². The second kappa shape index (κ2) is 6.11. The third kappa shape index (κ3) is 3.58. The molecule has 7 heteroatoms. The van der Waals surface area contributed by atoms with Crippen molar-refractivity contribution < 1.29 is 22.7 Å². The number of ether oxygens (including phenoxy) is 1. The van der Waals surface area contributed by atoms with Crippen molar-refractivity contribution >= 4 is 6.09 Å². The van der Waals surface area contributed by atoms with Crippen molar-refractivity contribution in [3.8, 4) is 6.07 Å². The van der Waals surface area contributed by atoms with Gasteiger partial charge >= 0.3 is 6.09 Å². The summed E-state index contributed by atoms with van der Waals surface area (Å²) in [6.45, 7) is 4.91. The third-order valence-corrected chi connectivity index (χ3v) is 3.57. The van der Waals surface area contributed by atoms with Gasteiger partial charge in [-0.3, -0.25) is 4.90 Å². The van der Waals surface area contributed by atoms with E-state index in [0.717, 1.165) is 11.0 Å². The van der Waals surface area contributed by atoms with E-state index in [4.69, 9.17) is 4.74 Å². The Hall–Kier alpha value is -2.23. The molecule has 0 spiro atoms. The Morgan fingerprint density at radius 3 is 2.48 bits per heavy atom. The molecule has 1 fully saturated rings. The van der Waals surface area contributed by atoms with Crippen molar-refractivity contribution in [1.82, 2.24) is 4.90 Å². The van der Waals surface area contributed by atoms with E-state index in [0.29, 0.717) is 6.07 Å². The van der Waals surface area contributed by atoms with Crippen molar-refractivity contribution in [2.45, 2.75) is 44.8 Å². The number of likely N-dealkylation sites (tertiary alicyclic amines) is 1. The molecule has 1 saturated heterocycles. The second-order valence-electron chi connectivity index (χ2n) is 6.47. The number of nitrogens with zero attached hydrogens (tertiary/aromatic N) is 2. The average Bonchev–Trinajstić information content (AvgIpc) is 2.85. The van der Waals surface area contributed by atoms with Crippen LogP contribution in [-0.4, -0.2) is 29.2 Å². The Labute approximate surface area is 132 Å². The lowest BCUT2D eigenvalue weighted by Gasteiger charge is -2.26. The largest absolute Gasteiger partial charge is 0.444 e. The molecule has 0 radical (unpaired) electrons. The molecule has 1 aromatic rings. The topological polar surface area (TPSA) is 53.3 Å². The van der Waals surface area contributed by atoms with Crippen LogP contribution in [0.2, 0.25) is 0 Å². The number of hydrogen-bond acceptors (Lipinski definition) is 3. The molecule has 4 nitrogen and oxygen atoms in total. The van der Waals surface area contributed by atoms with Gasteiger partial charge in [-0.2, -0.15) is 5.26 Å². The van der Waals surface area contributed by atoms with Crippen LogP contribution in [0.5, 0.6) is 0 Å². The van der Waals surface area contributed by atoms with E-state index < -0.39 is 46.7 Å². The highest BCUT2D eigenvalue weighted by atomic mass is 19.2. The maximum Gasteiger partial charge on any atom is 0.411 e. The molecule has 1 heterocycles. The molecule has 1 aromatic carbocycles. The second-order valence-corrected chi connectivity index (χ2v) is 6.47. The first-order valence-corrected chi connectivity index (χ1v) is 7.16. The average molecular weight is 326 g/mol. The number of amides is 1. The lowest BCUT2D eigenvalue weighted by atomic mass is 9.95. The first kappa shape index (κ1) is 17.1. The molecule has 0 bridgehead atoms. The summed E-state index contributed by atoms with van der Waals surface area (Å²) >= 11 is 0. The van der Waals surface area contributed by atoms with Crippen LogP contribution in [0.25, 0.3) is 0 Å². The first-order valence-electron chi connectivity index (χ1n) is 7.16. The van der Waals surface area contributed by atoms with Gasteiger partial charge in [0.05, 0.1) is 6.07 Å². The number of nitriles is 1. The number of benzene rings is 1. The number of rotatable bonds is 1. The number of hydrogen-bond donors (Lipinski definition) is 0. The Kier molecular flexibility index (Phi) is 4.55. The Bertz CT molecular complexity index is 665. The van der Waals surface area contributed by atoms with Crippen LogP contribution in [0.3, 0.4) is 0 Å². The Morgan fingerprint density at radius 1 is 1.30 bits per heavy atom. The summed E-state index contributed by atoms with van der Waals surface area (Å²) in [5.74, 6) is -4.14. The van der Waals surface area contributed by atoms with Gasteiger partial charge in [-0.1, -0.05) is 0 Å². The van der Waals surface area contributed by atoms with Gasteiger partial charge in [0.15, 0.2) is 11.6 Å². The standard InChI is InChI=1S/C16H17F3N2O2/c1-16(2,3)23-15(22)21-8-9(6-10(21)7-20)13-11(17)4-5-12(18)14(13)19/h4-5,9-10H,6,8H2,1-3H3/t9-,10?/m0/s1. The zero-order valence-corrected chi connectivity index (χ0v) is 13.1. The molecule has 23 heavy (non-hydrogen) atoms. The summed E-state index contributed by atoms with van der Waals surface area (Å²) in [4.78, 5) is 13.3. The van der Waals surface area contributed by atoms with Crippen molar-refractivity contribution in [2.24, 2.45) is 0 Å². The zero-order chi connectivity index (χ0) is 17.4. The molecule has 1 amide bonds. The van der Waals surface area contributed by atoms with E-state index in [1.807, 2.05) is 6.07 Å². The van der Waals surface area contributed by atoms with Gasteiger partial charge in [-0.15, -0.1) is 0 Å². The van der Waals surface area contributed by atoms with E-state index >= 15 is 0 Å². The van der Waals surface area contributed by atoms with E-state index in [2.05, 4.69) is 0 Å².